The molecule has 0 bridgehead atoms. The average Bonchev–Trinajstić information content (AvgIpc) is 2.93. The standard InChI is InChI=1S/C28H35F4N7/c1-4-36-10-12-37(13-11-36)21(3)35-26(19-25(33)22-7-8-24(29)20(2)18-22)38-14-16-39(17-15-38)27-23(28(30,31)32)6-5-9-34-27/h5-9,18-19H,3-4,10-17,33H2,1-2H3/b25-19-,35-26+. The Bertz CT molecular complexity index is 1220. The van der Waals surface area contributed by atoms with Crippen LogP contribution in [-0.2, 0) is 6.18 Å². The summed E-state index contributed by atoms with van der Waals surface area (Å²) >= 11 is 0. The van der Waals surface area contributed by atoms with Gasteiger partial charge in [-0.1, -0.05) is 13.5 Å². The molecule has 2 fully saturated rings. The topological polar surface area (TPSA) is 64.2 Å². The summed E-state index contributed by atoms with van der Waals surface area (Å²) in [5.41, 5.74) is 7.23. The second-order valence-electron chi connectivity index (χ2n) is 9.72. The van der Waals surface area contributed by atoms with Crippen molar-refractivity contribution in [3.8, 4) is 0 Å². The van der Waals surface area contributed by atoms with Crippen LogP contribution < -0.4 is 10.6 Å². The van der Waals surface area contributed by atoms with Crippen LogP contribution in [0.4, 0.5) is 23.4 Å². The van der Waals surface area contributed by atoms with Gasteiger partial charge in [0.2, 0.25) is 0 Å². The van der Waals surface area contributed by atoms with Gasteiger partial charge in [-0.25, -0.2) is 14.4 Å². The number of amidine groups is 1. The molecule has 0 spiro atoms. The van der Waals surface area contributed by atoms with E-state index >= 15 is 0 Å². The quantitative estimate of drug-likeness (QED) is 0.334. The zero-order valence-corrected chi connectivity index (χ0v) is 22.4. The fraction of sp³-hybridized carbons (Fsp3) is 0.429. The average molecular weight is 546 g/mol. The lowest BCUT2D eigenvalue weighted by Gasteiger charge is -2.38. The number of piperazine rings is 2. The molecule has 39 heavy (non-hydrogen) atoms. The highest BCUT2D eigenvalue weighted by Crippen LogP contribution is 2.35. The van der Waals surface area contributed by atoms with Crippen molar-refractivity contribution < 1.29 is 17.6 Å². The summed E-state index contributed by atoms with van der Waals surface area (Å²) in [7, 11) is 0. The first-order valence-electron chi connectivity index (χ1n) is 13.1. The monoisotopic (exact) mass is 545 g/mol. The molecule has 11 heteroatoms. The maximum atomic E-state index is 13.8. The van der Waals surface area contributed by atoms with Crippen molar-refractivity contribution in [2.24, 2.45) is 10.7 Å². The lowest BCUT2D eigenvalue weighted by atomic mass is 10.1. The van der Waals surface area contributed by atoms with Crippen molar-refractivity contribution >= 4 is 17.4 Å². The third-order valence-electron chi connectivity index (χ3n) is 7.20. The molecule has 0 saturated carbocycles. The minimum absolute atomic E-state index is 0.0711. The van der Waals surface area contributed by atoms with E-state index in [1.807, 2.05) is 4.90 Å². The van der Waals surface area contributed by atoms with Crippen LogP contribution in [0, 0.1) is 12.7 Å². The highest BCUT2D eigenvalue weighted by atomic mass is 19.4. The van der Waals surface area contributed by atoms with Gasteiger partial charge < -0.3 is 25.3 Å². The van der Waals surface area contributed by atoms with Crippen molar-refractivity contribution in [1.82, 2.24) is 19.7 Å². The molecule has 0 aliphatic carbocycles. The van der Waals surface area contributed by atoms with Crippen molar-refractivity contribution in [2.45, 2.75) is 20.0 Å². The van der Waals surface area contributed by atoms with Crippen LogP contribution in [0.25, 0.3) is 5.70 Å². The van der Waals surface area contributed by atoms with Crippen LogP contribution in [0.5, 0.6) is 0 Å². The van der Waals surface area contributed by atoms with Gasteiger partial charge in [0.1, 0.15) is 23.3 Å². The van der Waals surface area contributed by atoms with E-state index in [1.54, 1.807) is 30.0 Å². The maximum absolute atomic E-state index is 13.8. The fourth-order valence-corrected chi connectivity index (χ4v) is 4.78. The molecule has 1 aromatic heterocycles. The molecule has 210 valence electrons. The van der Waals surface area contributed by atoms with E-state index in [-0.39, 0.29) is 11.6 Å². The van der Waals surface area contributed by atoms with Crippen LogP contribution in [0.15, 0.2) is 60.0 Å². The largest absolute Gasteiger partial charge is 0.419 e. The lowest BCUT2D eigenvalue weighted by Crippen LogP contribution is -2.49. The smallest absolute Gasteiger partial charge is 0.398 e. The van der Waals surface area contributed by atoms with Gasteiger partial charge in [0.05, 0.1) is 5.56 Å². The number of benzene rings is 1. The van der Waals surface area contributed by atoms with Crippen LogP contribution in [-0.4, -0.2) is 84.4 Å². The van der Waals surface area contributed by atoms with Crippen molar-refractivity contribution in [2.75, 3.05) is 63.8 Å². The van der Waals surface area contributed by atoms with Crippen LogP contribution in [0.3, 0.4) is 0 Å². The second-order valence-corrected chi connectivity index (χ2v) is 9.72. The molecule has 0 amide bonds. The number of halogens is 4. The van der Waals surface area contributed by atoms with E-state index in [4.69, 9.17) is 10.7 Å². The Kier molecular flexibility index (Phi) is 8.79. The van der Waals surface area contributed by atoms with Gasteiger partial charge in [-0.3, -0.25) is 0 Å². The van der Waals surface area contributed by atoms with Crippen molar-refractivity contribution in [1.29, 1.82) is 0 Å². The first-order chi connectivity index (χ1) is 18.6. The number of hydrogen-bond acceptors (Lipinski definition) is 6. The molecular formula is C28H35F4N7. The first-order valence-corrected chi connectivity index (χ1v) is 13.1. The summed E-state index contributed by atoms with van der Waals surface area (Å²) in [5.74, 6) is 0.780. The summed E-state index contributed by atoms with van der Waals surface area (Å²) in [6, 6.07) is 7.01. The van der Waals surface area contributed by atoms with Crippen molar-refractivity contribution in [3.05, 3.63) is 77.5 Å². The van der Waals surface area contributed by atoms with E-state index in [9.17, 15) is 17.6 Å². The number of aryl methyl sites for hydroxylation is 1. The molecular weight excluding hydrogens is 510 g/mol. The third kappa shape index (κ3) is 6.89. The van der Waals surface area contributed by atoms with E-state index < -0.39 is 11.7 Å². The SMILES string of the molecule is C=C(/N=C(\C=C(/N)c1ccc(F)c(C)c1)N1CCN(c2ncccc2C(F)(F)F)CC1)N1CCN(CC)CC1. The molecule has 2 aromatic rings. The Balaban J connectivity index is 1.57. The molecule has 4 rings (SSSR count). The van der Waals surface area contributed by atoms with Gasteiger partial charge in [-0.2, -0.15) is 13.2 Å². The van der Waals surface area contributed by atoms with Crippen molar-refractivity contribution in [3.63, 3.8) is 0 Å². The maximum Gasteiger partial charge on any atom is 0.419 e. The Morgan fingerprint density at radius 3 is 2.33 bits per heavy atom. The van der Waals surface area contributed by atoms with Crippen LogP contribution >= 0.6 is 0 Å². The molecule has 2 aliphatic rings. The molecule has 2 aliphatic heterocycles. The van der Waals surface area contributed by atoms with E-state index in [0.29, 0.717) is 54.7 Å². The Hall–Kier alpha value is -3.60. The van der Waals surface area contributed by atoms with Crippen LogP contribution in [0.1, 0.15) is 23.6 Å². The van der Waals surface area contributed by atoms with Gasteiger partial charge in [0.15, 0.2) is 0 Å². The molecule has 0 unspecified atom stereocenters. The van der Waals surface area contributed by atoms with E-state index in [2.05, 4.69) is 28.3 Å². The number of alkyl halides is 3. The molecule has 3 heterocycles. The van der Waals surface area contributed by atoms with Crippen LogP contribution in [0.2, 0.25) is 0 Å². The number of hydrogen-bond donors (Lipinski definition) is 1. The highest BCUT2D eigenvalue weighted by molar-refractivity contribution is 5.99. The molecule has 2 N–H and O–H groups in total. The Morgan fingerprint density at radius 1 is 1.05 bits per heavy atom. The molecule has 0 radical (unpaired) electrons. The number of aromatic nitrogens is 1. The number of likely N-dealkylation sites (N-methyl/N-ethyl adjacent to an activating group) is 1. The van der Waals surface area contributed by atoms with Gasteiger partial charge in [0, 0.05) is 70.3 Å². The first kappa shape index (κ1) is 28.4. The summed E-state index contributed by atoms with van der Waals surface area (Å²) in [6.45, 7) is 13.9. The number of aliphatic imine (C=N–C) groups is 1. The number of nitrogens with two attached hydrogens (primary N) is 1. The zero-order valence-electron chi connectivity index (χ0n) is 22.4. The number of pyridine rings is 1. The fourth-order valence-electron chi connectivity index (χ4n) is 4.78. The summed E-state index contributed by atoms with van der Waals surface area (Å²) < 4.78 is 54.6. The predicted molar refractivity (Wildman–Crippen MR) is 147 cm³/mol. The molecule has 1 aromatic carbocycles. The highest BCUT2D eigenvalue weighted by Gasteiger charge is 2.36. The molecule has 2 saturated heterocycles. The lowest BCUT2D eigenvalue weighted by molar-refractivity contribution is -0.137. The number of nitrogens with zero attached hydrogens (tertiary/aromatic N) is 6. The second kappa shape index (κ2) is 12.1. The summed E-state index contributed by atoms with van der Waals surface area (Å²) in [6.07, 6.45) is -1.38. The van der Waals surface area contributed by atoms with Gasteiger partial charge in [-0.15, -0.1) is 0 Å². The van der Waals surface area contributed by atoms with Gasteiger partial charge in [0.25, 0.3) is 0 Å². The predicted octanol–water partition coefficient (Wildman–Crippen LogP) is 4.18. The summed E-state index contributed by atoms with van der Waals surface area (Å²) in [4.78, 5) is 17.0. The van der Waals surface area contributed by atoms with Gasteiger partial charge >= 0.3 is 6.18 Å². The van der Waals surface area contributed by atoms with E-state index in [0.717, 1.165) is 38.8 Å². The zero-order chi connectivity index (χ0) is 28.2. The Labute approximate surface area is 226 Å². The van der Waals surface area contributed by atoms with Gasteiger partial charge in [-0.05, 0) is 54.9 Å². The third-order valence-corrected chi connectivity index (χ3v) is 7.20. The Morgan fingerprint density at radius 2 is 1.72 bits per heavy atom. The number of anilines is 1. The number of rotatable bonds is 6. The molecule has 0 atom stereocenters. The minimum atomic E-state index is -4.49. The van der Waals surface area contributed by atoms with E-state index in [1.165, 1.54) is 18.3 Å². The normalized spacial score (nSPS) is 18.1. The minimum Gasteiger partial charge on any atom is -0.398 e. The molecule has 7 nitrogen and oxygen atoms in total. The summed E-state index contributed by atoms with van der Waals surface area (Å²) in [5, 5.41) is 0.